The summed E-state index contributed by atoms with van der Waals surface area (Å²) in [6, 6.07) is -3.42. The van der Waals surface area contributed by atoms with Crippen LogP contribution in [-0.4, -0.2) is 157 Å². The van der Waals surface area contributed by atoms with Crippen molar-refractivity contribution < 1.29 is 92.9 Å². The molecule has 0 aliphatic heterocycles. The maximum atomic E-state index is 13.4. The Kier molecular flexibility index (Phi) is 24.6. The number of carbonyl (C=O) groups is 12. The van der Waals surface area contributed by atoms with Crippen LogP contribution in [0, 0.1) is 0 Å². The number of carboxylic acid groups (broad SMARTS) is 6. The van der Waals surface area contributed by atoms with Crippen LogP contribution in [0.15, 0.2) is 30.3 Å². The average molecular weight is 934 g/mol. The van der Waals surface area contributed by atoms with Gasteiger partial charge in [-0.15, -0.1) is 0 Å². The molecule has 0 saturated carbocycles. The molecular weight excluding hydrogens is 887 g/mol. The Bertz CT molecular complexity index is 1820. The lowest BCUT2D eigenvalue weighted by atomic mass is 10.0. The second kappa shape index (κ2) is 28.6. The van der Waals surface area contributed by atoms with Crippen LogP contribution in [0.2, 0.25) is 0 Å². The van der Waals surface area contributed by atoms with E-state index in [1.165, 1.54) is 0 Å². The van der Waals surface area contributed by atoms with Gasteiger partial charge in [0.25, 0.3) is 0 Å². The number of urea groups is 1. The monoisotopic (exact) mass is 933 g/mol. The number of primary amides is 1. The maximum Gasteiger partial charge on any atom is 0.404 e. The predicted octanol–water partition coefficient (Wildman–Crippen LogP) is -2.08. The van der Waals surface area contributed by atoms with Crippen LogP contribution < -0.4 is 37.6 Å². The van der Waals surface area contributed by atoms with Gasteiger partial charge in [-0.1, -0.05) is 51.9 Å². The van der Waals surface area contributed by atoms with E-state index in [1.807, 2.05) is 10.6 Å². The summed E-state index contributed by atoms with van der Waals surface area (Å²) < 4.78 is 4.58. The number of carboxylic acids is 6. The molecule has 0 saturated heterocycles. The van der Waals surface area contributed by atoms with Crippen molar-refractivity contribution in [2.24, 2.45) is 5.73 Å². The average Bonchev–Trinajstić information content (AvgIpc) is 3.19. The fourth-order valence-electron chi connectivity index (χ4n) is 5.00. The first-order chi connectivity index (χ1) is 29.6. The van der Waals surface area contributed by atoms with Gasteiger partial charge < -0.3 is 73.0 Å². The van der Waals surface area contributed by atoms with Crippen LogP contribution in [0.4, 0.5) is 9.59 Å². The van der Waals surface area contributed by atoms with Crippen LogP contribution in [0.5, 0.6) is 0 Å². The summed E-state index contributed by atoms with van der Waals surface area (Å²) in [6.07, 6.45) is -6.16. The number of amides is 7. The molecule has 7 amide bonds. The van der Waals surface area contributed by atoms with E-state index >= 15 is 0 Å². The normalized spacial score (nSPS) is 13.5. The number of nitrogens with two attached hydrogens (primary N) is 1. The molecule has 1 aromatic carbocycles. The minimum absolute atomic E-state index is 0.0609. The fraction of sp³-hybridized carbons (Fsp3) is 0.486. The van der Waals surface area contributed by atoms with Gasteiger partial charge in [-0.25, -0.2) is 28.8 Å². The molecular formula is C35H47N7O19S2. The number of hydrogen-bond donors (Lipinski definition) is 13. The van der Waals surface area contributed by atoms with E-state index in [1.54, 1.807) is 30.3 Å². The van der Waals surface area contributed by atoms with Crippen molar-refractivity contribution in [3.05, 3.63) is 35.9 Å². The fourth-order valence-corrected chi connectivity index (χ4v) is 6.98. The SMILES string of the molecule is NC(=O)OCCSSC[C@H](NC(=O)[C@H](Cc1ccccc1)NC(=O)[C@H](CC(=O)O)NC(=O)CC[C@H](NC(=O)CC[C@H](NC(=O)N[C@@H](CCC(=O)O)C(=O)O)C(=O)O)C(=O)O)C(=O)O. The van der Waals surface area contributed by atoms with Crippen molar-refractivity contribution >= 4 is 93.2 Å². The highest BCUT2D eigenvalue weighted by Crippen LogP contribution is 2.22. The Hall–Kier alpha value is -6.84. The largest absolute Gasteiger partial charge is 0.481 e. The van der Waals surface area contributed by atoms with Crippen LogP contribution in [-0.2, 0) is 59.1 Å². The van der Waals surface area contributed by atoms with Gasteiger partial charge in [0.1, 0.15) is 42.9 Å². The molecule has 1 rings (SSSR count). The van der Waals surface area contributed by atoms with Gasteiger partial charge in [-0.2, -0.15) is 0 Å². The number of benzene rings is 1. The third-order valence-corrected chi connectivity index (χ3v) is 10.5. The number of carbonyl (C=O) groups excluding carboxylic acids is 6. The Morgan fingerprint density at radius 2 is 1.00 bits per heavy atom. The molecule has 63 heavy (non-hydrogen) atoms. The van der Waals surface area contributed by atoms with E-state index in [9.17, 15) is 83.1 Å². The smallest absolute Gasteiger partial charge is 0.404 e. The molecule has 0 aromatic heterocycles. The third-order valence-electron chi connectivity index (χ3n) is 8.10. The minimum atomic E-state index is -1.86. The van der Waals surface area contributed by atoms with Crippen molar-refractivity contribution in [1.29, 1.82) is 0 Å². The summed E-state index contributed by atoms with van der Waals surface area (Å²) in [7, 11) is 2.13. The Labute approximate surface area is 364 Å². The van der Waals surface area contributed by atoms with Gasteiger partial charge >= 0.3 is 47.9 Å². The van der Waals surface area contributed by atoms with Crippen molar-refractivity contribution in [1.82, 2.24) is 31.9 Å². The van der Waals surface area contributed by atoms with Gasteiger partial charge in [-0.3, -0.25) is 28.8 Å². The molecule has 6 atom stereocenters. The molecule has 0 aliphatic carbocycles. The van der Waals surface area contributed by atoms with Gasteiger partial charge in [0.15, 0.2) is 0 Å². The highest BCUT2D eigenvalue weighted by Gasteiger charge is 2.32. The Morgan fingerprint density at radius 1 is 0.540 bits per heavy atom. The summed E-state index contributed by atoms with van der Waals surface area (Å²) in [5.41, 5.74) is 5.37. The quantitative estimate of drug-likeness (QED) is 0.0281. The zero-order valence-electron chi connectivity index (χ0n) is 33.0. The highest BCUT2D eigenvalue weighted by molar-refractivity contribution is 8.76. The second-order valence-corrected chi connectivity index (χ2v) is 15.6. The summed E-state index contributed by atoms with van der Waals surface area (Å²) >= 11 is 0. The van der Waals surface area contributed by atoms with E-state index in [0.29, 0.717) is 5.56 Å². The first kappa shape index (κ1) is 54.2. The van der Waals surface area contributed by atoms with Crippen molar-refractivity contribution in [2.45, 2.75) is 87.6 Å². The van der Waals surface area contributed by atoms with E-state index < -0.39 is 153 Å². The summed E-state index contributed by atoms with van der Waals surface area (Å²) in [4.78, 5) is 145. The molecule has 0 spiro atoms. The lowest BCUT2D eigenvalue weighted by Gasteiger charge is -2.24. The van der Waals surface area contributed by atoms with E-state index in [-0.39, 0.29) is 24.5 Å². The van der Waals surface area contributed by atoms with Gasteiger partial charge in [-0.05, 0) is 24.8 Å². The third kappa shape index (κ3) is 23.7. The number of aliphatic carboxylic acids is 6. The van der Waals surface area contributed by atoms with E-state index in [0.717, 1.165) is 21.6 Å². The van der Waals surface area contributed by atoms with Crippen LogP contribution >= 0.6 is 21.6 Å². The molecule has 1 aromatic rings. The zero-order chi connectivity index (χ0) is 47.6. The summed E-state index contributed by atoms with van der Waals surface area (Å²) in [5.74, 6) is -13.6. The van der Waals surface area contributed by atoms with Gasteiger partial charge in [0, 0.05) is 37.2 Å². The zero-order valence-corrected chi connectivity index (χ0v) is 34.6. The molecule has 28 heteroatoms. The van der Waals surface area contributed by atoms with Crippen LogP contribution in [0.25, 0.3) is 0 Å². The lowest BCUT2D eigenvalue weighted by Crippen LogP contribution is -2.57. The molecule has 0 unspecified atom stereocenters. The topological polar surface area (TPSA) is 434 Å². The van der Waals surface area contributed by atoms with Gasteiger partial charge in [0.2, 0.25) is 23.6 Å². The number of rotatable bonds is 31. The molecule has 348 valence electrons. The predicted molar refractivity (Wildman–Crippen MR) is 216 cm³/mol. The Morgan fingerprint density at radius 3 is 1.48 bits per heavy atom. The highest BCUT2D eigenvalue weighted by atomic mass is 33.1. The molecule has 0 heterocycles. The van der Waals surface area contributed by atoms with Crippen LogP contribution in [0.3, 0.4) is 0 Å². The standard InChI is InChI=1S/C35H47N7O19S2/c36-34(59)61-12-13-62-63-16-23(33(57)58)40-28(49)21(14-17-4-2-1-3-5-17)39-29(50)22(15-27(47)48)38-25(44)9-6-18(30(51)52)37-24(43)10-7-19(31(53)54)41-35(60)42-20(32(55)56)8-11-26(45)46/h1-5,18-23H,6-16H2,(H2,36,59)(H,37,43)(H,38,44)(H,39,50)(H,40,49)(H,45,46)(H,47,48)(H,51,52)(H,53,54)(H,55,56)(H,57,58)(H2,41,42,60)/t18-,19-,20-,21-,22-,23-/m0/s1. The first-order valence-corrected chi connectivity index (χ1v) is 20.9. The molecule has 0 aliphatic rings. The number of nitrogens with one attached hydrogen (secondary N) is 6. The van der Waals surface area contributed by atoms with Crippen molar-refractivity contribution in [2.75, 3.05) is 18.1 Å². The summed E-state index contributed by atoms with van der Waals surface area (Å²) in [6.45, 7) is -0.0609. The summed E-state index contributed by atoms with van der Waals surface area (Å²) in [5, 5.41) is 68.9. The molecule has 14 N–H and O–H groups in total. The van der Waals surface area contributed by atoms with E-state index in [4.69, 9.17) is 10.8 Å². The van der Waals surface area contributed by atoms with E-state index in [2.05, 4.69) is 26.0 Å². The maximum absolute atomic E-state index is 13.4. The van der Waals surface area contributed by atoms with Gasteiger partial charge in [0.05, 0.1) is 6.42 Å². The molecule has 0 radical (unpaired) electrons. The molecule has 26 nitrogen and oxygen atoms in total. The number of ether oxygens (including phenoxy) is 1. The molecule has 0 bridgehead atoms. The first-order valence-electron chi connectivity index (χ1n) is 18.4. The molecule has 0 fully saturated rings. The lowest BCUT2D eigenvalue weighted by molar-refractivity contribution is -0.143. The van der Waals surface area contributed by atoms with Crippen molar-refractivity contribution in [3.8, 4) is 0 Å². The Balaban J connectivity index is 2.97. The second-order valence-electron chi connectivity index (χ2n) is 13.0. The van der Waals surface area contributed by atoms with Crippen LogP contribution in [0.1, 0.15) is 50.5 Å². The number of hydrogen-bond acceptors (Lipinski definition) is 15. The van der Waals surface area contributed by atoms with Crippen molar-refractivity contribution in [3.63, 3.8) is 0 Å². The minimum Gasteiger partial charge on any atom is -0.481 e.